The first kappa shape index (κ1) is 21.9. The Labute approximate surface area is 187 Å². The number of nitrogens with two attached hydrogens (primary N) is 1. The van der Waals surface area contributed by atoms with E-state index >= 15 is 0 Å². The number of ether oxygens (including phenoxy) is 1. The molecule has 1 fully saturated rings. The Kier molecular flexibility index (Phi) is 6.17. The third kappa shape index (κ3) is 4.77. The highest BCUT2D eigenvalue weighted by Crippen LogP contribution is 2.31. The van der Waals surface area contributed by atoms with Gasteiger partial charge in [-0.15, -0.1) is 4.40 Å². The zero-order valence-corrected chi connectivity index (χ0v) is 18.6. The standard InChI is InChI=1S/C21H26N6O4S/c1-2-23-21(28)16-8-4-10-18(24-16)27-11-5-6-14(12-27)13-31-17-9-3-7-15-19(17)20(22)26-32(29,30)25-15/h3-4,7-10,14,25H,2,5-6,11-13H2,1H3,(H2,22,26)(H,23,28)/t14-/m0/s1. The zero-order chi connectivity index (χ0) is 22.7. The van der Waals surface area contributed by atoms with Crippen LogP contribution < -0.4 is 25.4 Å². The zero-order valence-electron chi connectivity index (χ0n) is 17.7. The molecule has 1 aromatic carbocycles. The van der Waals surface area contributed by atoms with Crippen LogP contribution in [0.2, 0.25) is 0 Å². The summed E-state index contributed by atoms with van der Waals surface area (Å²) in [5.74, 6) is 1.20. The maximum atomic E-state index is 12.1. The molecule has 0 saturated carbocycles. The first-order valence-corrected chi connectivity index (χ1v) is 11.9. The van der Waals surface area contributed by atoms with Crippen LogP contribution >= 0.6 is 0 Å². The highest BCUT2D eigenvalue weighted by atomic mass is 32.2. The molecule has 3 heterocycles. The van der Waals surface area contributed by atoms with E-state index in [-0.39, 0.29) is 17.7 Å². The van der Waals surface area contributed by atoms with Crippen molar-refractivity contribution in [3.05, 3.63) is 47.7 Å². The van der Waals surface area contributed by atoms with Crippen LogP contribution in [0.4, 0.5) is 11.5 Å². The molecule has 11 heteroatoms. The number of fused-ring (bicyclic) bond motifs is 1. The van der Waals surface area contributed by atoms with Crippen molar-refractivity contribution in [2.24, 2.45) is 16.0 Å². The van der Waals surface area contributed by atoms with Crippen molar-refractivity contribution in [2.45, 2.75) is 19.8 Å². The summed E-state index contributed by atoms with van der Waals surface area (Å²) in [5, 5.41) is 2.77. The number of benzene rings is 1. The van der Waals surface area contributed by atoms with E-state index in [2.05, 4.69) is 24.3 Å². The number of anilines is 2. The van der Waals surface area contributed by atoms with Gasteiger partial charge in [-0.1, -0.05) is 12.1 Å². The summed E-state index contributed by atoms with van der Waals surface area (Å²) in [4.78, 5) is 18.8. The number of piperidine rings is 1. The highest BCUT2D eigenvalue weighted by Gasteiger charge is 2.26. The molecule has 2 aliphatic heterocycles. The number of nitrogens with one attached hydrogen (secondary N) is 2. The summed E-state index contributed by atoms with van der Waals surface area (Å²) >= 11 is 0. The van der Waals surface area contributed by atoms with Gasteiger partial charge in [0, 0.05) is 25.6 Å². The average molecular weight is 459 g/mol. The van der Waals surface area contributed by atoms with Crippen LogP contribution in [0.1, 0.15) is 35.8 Å². The molecule has 170 valence electrons. The predicted octanol–water partition coefficient (Wildman–Crippen LogP) is 1.50. The van der Waals surface area contributed by atoms with Gasteiger partial charge >= 0.3 is 10.2 Å². The average Bonchev–Trinajstić information content (AvgIpc) is 2.77. The quantitative estimate of drug-likeness (QED) is 0.596. The lowest BCUT2D eigenvalue weighted by Crippen LogP contribution is -2.38. The Balaban J connectivity index is 1.44. The molecule has 0 spiro atoms. The van der Waals surface area contributed by atoms with Gasteiger partial charge in [0.15, 0.2) is 5.84 Å². The second-order valence-corrected chi connectivity index (χ2v) is 9.07. The minimum atomic E-state index is -3.83. The molecule has 1 aromatic heterocycles. The second-order valence-electron chi connectivity index (χ2n) is 7.74. The van der Waals surface area contributed by atoms with E-state index in [1.54, 1.807) is 24.3 Å². The van der Waals surface area contributed by atoms with Crippen LogP contribution in [0.5, 0.6) is 5.75 Å². The largest absolute Gasteiger partial charge is 0.492 e. The predicted molar refractivity (Wildman–Crippen MR) is 122 cm³/mol. The Morgan fingerprint density at radius 3 is 2.94 bits per heavy atom. The molecule has 1 saturated heterocycles. The molecule has 2 aromatic rings. The summed E-state index contributed by atoms with van der Waals surface area (Å²) in [6, 6.07) is 10.5. The molecule has 4 rings (SSSR count). The normalized spacial score (nSPS) is 19.3. The number of nitrogens with zero attached hydrogens (tertiary/aromatic N) is 3. The summed E-state index contributed by atoms with van der Waals surface area (Å²) < 4.78 is 35.5. The maximum Gasteiger partial charge on any atom is 0.344 e. The second kappa shape index (κ2) is 9.03. The summed E-state index contributed by atoms with van der Waals surface area (Å²) in [6.07, 6.45) is 1.95. The molecule has 32 heavy (non-hydrogen) atoms. The van der Waals surface area contributed by atoms with Crippen molar-refractivity contribution < 1.29 is 17.9 Å². The van der Waals surface area contributed by atoms with Gasteiger partial charge < -0.3 is 20.7 Å². The summed E-state index contributed by atoms with van der Waals surface area (Å²) in [6.45, 7) is 4.44. The van der Waals surface area contributed by atoms with Gasteiger partial charge in [0.2, 0.25) is 0 Å². The monoisotopic (exact) mass is 458 g/mol. The number of hydrogen-bond acceptors (Lipinski definition) is 7. The van der Waals surface area contributed by atoms with E-state index in [0.717, 1.165) is 31.7 Å². The molecular weight excluding hydrogens is 432 g/mol. The van der Waals surface area contributed by atoms with Gasteiger partial charge in [-0.05, 0) is 44.0 Å². The molecule has 0 bridgehead atoms. The molecule has 1 amide bonds. The van der Waals surface area contributed by atoms with Gasteiger partial charge in [-0.25, -0.2) is 4.98 Å². The van der Waals surface area contributed by atoms with Crippen LogP contribution in [-0.4, -0.2) is 51.4 Å². The highest BCUT2D eigenvalue weighted by molar-refractivity contribution is 7.91. The number of pyridine rings is 1. The number of hydrogen-bond donors (Lipinski definition) is 3. The molecule has 2 aliphatic rings. The number of rotatable bonds is 6. The van der Waals surface area contributed by atoms with Crippen LogP contribution in [0.15, 0.2) is 40.8 Å². The minimum Gasteiger partial charge on any atom is -0.492 e. The van der Waals surface area contributed by atoms with E-state index in [1.807, 2.05) is 19.1 Å². The molecule has 0 radical (unpaired) electrons. The fraction of sp³-hybridized carbons (Fsp3) is 0.381. The smallest absolute Gasteiger partial charge is 0.344 e. The van der Waals surface area contributed by atoms with Crippen LogP contribution in [0.3, 0.4) is 0 Å². The van der Waals surface area contributed by atoms with Gasteiger partial charge in [0.1, 0.15) is 17.3 Å². The molecule has 1 atom stereocenters. The number of carbonyl (C=O) groups excluding carboxylic acids is 1. The fourth-order valence-electron chi connectivity index (χ4n) is 3.93. The molecule has 10 nitrogen and oxygen atoms in total. The number of amides is 1. The van der Waals surface area contributed by atoms with Gasteiger partial charge in [0.05, 0.1) is 17.9 Å². The third-order valence-electron chi connectivity index (χ3n) is 5.36. The van der Waals surface area contributed by atoms with Crippen molar-refractivity contribution in [3.8, 4) is 5.75 Å². The van der Waals surface area contributed by atoms with Crippen molar-refractivity contribution >= 4 is 33.5 Å². The summed E-state index contributed by atoms with van der Waals surface area (Å²) in [7, 11) is -3.83. The van der Waals surface area contributed by atoms with Gasteiger partial charge in [0.25, 0.3) is 5.91 Å². The fourth-order valence-corrected chi connectivity index (χ4v) is 4.78. The lowest BCUT2D eigenvalue weighted by atomic mass is 9.99. The Hall–Kier alpha value is -3.34. The van der Waals surface area contributed by atoms with E-state index < -0.39 is 10.2 Å². The van der Waals surface area contributed by atoms with Gasteiger partial charge in [-0.3, -0.25) is 9.52 Å². The molecule has 0 unspecified atom stereocenters. The van der Waals surface area contributed by atoms with Crippen molar-refractivity contribution in [1.29, 1.82) is 0 Å². The number of aromatic nitrogens is 1. The van der Waals surface area contributed by atoms with Gasteiger partial charge in [-0.2, -0.15) is 8.42 Å². The first-order valence-electron chi connectivity index (χ1n) is 10.5. The van der Waals surface area contributed by atoms with E-state index in [9.17, 15) is 13.2 Å². The number of carbonyl (C=O) groups is 1. The Morgan fingerprint density at radius 1 is 1.31 bits per heavy atom. The SMILES string of the molecule is CCNC(=O)c1cccc(N2CCC[C@H](COc3cccc4c3C(N)=NS(=O)(=O)N4)C2)n1. The lowest BCUT2D eigenvalue weighted by Gasteiger charge is -2.33. The van der Waals surface area contributed by atoms with Crippen LogP contribution in [0, 0.1) is 5.92 Å². The topological polar surface area (TPSA) is 139 Å². The van der Waals surface area contributed by atoms with E-state index in [1.165, 1.54) is 0 Å². The Morgan fingerprint density at radius 2 is 2.12 bits per heavy atom. The van der Waals surface area contributed by atoms with E-state index in [0.29, 0.717) is 35.8 Å². The number of amidine groups is 1. The third-order valence-corrected chi connectivity index (χ3v) is 6.28. The van der Waals surface area contributed by atoms with Crippen LogP contribution in [0.25, 0.3) is 0 Å². The maximum absolute atomic E-state index is 12.1. The molecular formula is C21H26N6O4S. The van der Waals surface area contributed by atoms with Crippen molar-refractivity contribution in [3.63, 3.8) is 0 Å². The first-order chi connectivity index (χ1) is 15.4. The van der Waals surface area contributed by atoms with Crippen molar-refractivity contribution in [1.82, 2.24) is 10.3 Å². The van der Waals surface area contributed by atoms with Crippen molar-refractivity contribution in [2.75, 3.05) is 35.9 Å². The minimum absolute atomic E-state index is 0.0917. The molecule has 0 aliphatic carbocycles. The van der Waals surface area contributed by atoms with E-state index in [4.69, 9.17) is 10.5 Å². The summed E-state index contributed by atoms with van der Waals surface area (Å²) in [5.41, 5.74) is 7.09. The Bertz CT molecular complexity index is 1150. The lowest BCUT2D eigenvalue weighted by molar-refractivity contribution is 0.0951. The van der Waals surface area contributed by atoms with Crippen LogP contribution in [-0.2, 0) is 10.2 Å². The molecule has 4 N–H and O–H groups in total.